The molecule has 3 rings (SSSR count). The van der Waals surface area contributed by atoms with Crippen molar-refractivity contribution < 1.29 is 13.2 Å². The summed E-state index contributed by atoms with van der Waals surface area (Å²) in [5, 5.41) is 8.30. The Hall–Kier alpha value is -1.26. The summed E-state index contributed by atoms with van der Waals surface area (Å²) in [6.45, 7) is 0.506. The van der Waals surface area contributed by atoms with Crippen LogP contribution in [0.15, 0.2) is 32.5 Å². The standard InChI is InChI=1S/C17H18BrClF2N4OS/c18-15-12(4-9(22)6-23-8-14(20)21)26-17-11(5-13(19)25-16(15)17)24-7-10-2-1-3-27-10/h1-3,5,9,14,23H,4,6-8,22H2,(H,24,25)/t9-/m1/s1. The Bertz CT molecular complexity index is 891. The van der Waals surface area contributed by atoms with E-state index in [2.05, 4.69) is 31.5 Å². The Balaban J connectivity index is 1.77. The third-order valence-corrected chi connectivity index (χ3v) is 5.69. The van der Waals surface area contributed by atoms with Crippen LogP contribution in [0.25, 0.3) is 11.1 Å². The van der Waals surface area contributed by atoms with Crippen LogP contribution in [0.1, 0.15) is 10.6 Å². The fourth-order valence-electron chi connectivity index (χ4n) is 2.60. The highest BCUT2D eigenvalue weighted by molar-refractivity contribution is 9.10. The van der Waals surface area contributed by atoms with Gasteiger partial charge in [0, 0.05) is 36.5 Å². The Labute approximate surface area is 172 Å². The van der Waals surface area contributed by atoms with Crippen molar-refractivity contribution >= 4 is 55.7 Å². The quantitative estimate of drug-likeness (QED) is 0.390. The molecule has 27 heavy (non-hydrogen) atoms. The first kappa shape index (κ1) is 20.5. The zero-order chi connectivity index (χ0) is 19.4. The van der Waals surface area contributed by atoms with Gasteiger partial charge >= 0.3 is 0 Å². The summed E-state index contributed by atoms with van der Waals surface area (Å²) in [6.07, 6.45) is -2.03. The minimum absolute atomic E-state index is 0.255. The maximum absolute atomic E-state index is 12.2. The van der Waals surface area contributed by atoms with Crippen LogP contribution >= 0.6 is 38.9 Å². The third-order valence-electron chi connectivity index (χ3n) is 3.81. The van der Waals surface area contributed by atoms with E-state index < -0.39 is 6.43 Å². The smallest absolute Gasteiger partial charge is 0.250 e. The second-order valence-corrected chi connectivity index (χ2v) is 8.17. The molecule has 3 aromatic heterocycles. The Morgan fingerprint density at radius 2 is 2.19 bits per heavy atom. The molecule has 0 aliphatic heterocycles. The van der Waals surface area contributed by atoms with Crippen molar-refractivity contribution in [1.82, 2.24) is 10.3 Å². The monoisotopic (exact) mass is 478 g/mol. The zero-order valence-electron chi connectivity index (χ0n) is 14.1. The van der Waals surface area contributed by atoms with E-state index in [-0.39, 0.29) is 19.1 Å². The van der Waals surface area contributed by atoms with E-state index in [0.717, 1.165) is 5.69 Å². The lowest BCUT2D eigenvalue weighted by Crippen LogP contribution is -2.37. The molecule has 0 amide bonds. The molecule has 4 N–H and O–H groups in total. The van der Waals surface area contributed by atoms with Gasteiger partial charge in [0.2, 0.25) is 0 Å². The number of aromatic nitrogens is 1. The molecule has 1 atom stereocenters. The van der Waals surface area contributed by atoms with E-state index >= 15 is 0 Å². The number of halogens is 4. The van der Waals surface area contributed by atoms with Gasteiger partial charge in [-0.15, -0.1) is 11.3 Å². The number of hydrogen-bond donors (Lipinski definition) is 3. The lowest BCUT2D eigenvalue weighted by Gasteiger charge is -2.11. The summed E-state index contributed by atoms with van der Waals surface area (Å²) in [6, 6.07) is 5.36. The predicted molar refractivity (Wildman–Crippen MR) is 109 cm³/mol. The van der Waals surface area contributed by atoms with Crippen molar-refractivity contribution in [3.05, 3.63) is 43.8 Å². The number of nitrogens with zero attached hydrogens (tertiary/aromatic N) is 1. The molecule has 5 nitrogen and oxygen atoms in total. The number of fused-ring (bicyclic) bond motifs is 1. The summed E-state index contributed by atoms with van der Waals surface area (Å²) in [5.41, 5.74) is 7.93. The van der Waals surface area contributed by atoms with Gasteiger partial charge in [-0.05, 0) is 27.4 Å². The number of furan rings is 1. The average molecular weight is 480 g/mol. The second kappa shape index (κ2) is 9.29. The van der Waals surface area contributed by atoms with E-state index in [1.807, 2.05) is 17.5 Å². The van der Waals surface area contributed by atoms with Crippen molar-refractivity contribution in [3.8, 4) is 0 Å². The molecule has 0 fully saturated rings. The van der Waals surface area contributed by atoms with Gasteiger partial charge < -0.3 is 20.8 Å². The van der Waals surface area contributed by atoms with E-state index in [1.165, 1.54) is 4.88 Å². The molecule has 3 heterocycles. The first-order chi connectivity index (χ1) is 12.9. The zero-order valence-corrected chi connectivity index (χ0v) is 17.3. The SMILES string of the molecule is N[C@@H](CNCC(F)F)Cc1oc2c(NCc3cccs3)cc(Cl)nc2c1Br. The van der Waals surface area contributed by atoms with Crippen LogP contribution in [0.2, 0.25) is 5.15 Å². The van der Waals surface area contributed by atoms with Crippen LogP contribution < -0.4 is 16.4 Å². The van der Waals surface area contributed by atoms with Crippen LogP contribution in [0.4, 0.5) is 14.5 Å². The summed E-state index contributed by atoms with van der Waals surface area (Å²) < 4.78 is 31.1. The fourth-order valence-corrected chi connectivity index (χ4v) is 3.95. The number of thiophene rings is 1. The number of anilines is 1. The van der Waals surface area contributed by atoms with Gasteiger partial charge in [-0.2, -0.15) is 0 Å². The number of pyridine rings is 1. The molecular weight excluding hydrogens is 462 g/mol. The Morgan fingerprint density at radius 3 is 2.89 bits per heavy atom. The number of nitrogens with one attached hydrogen (secondary N) is 2. The fraction of sp³-hybridized carbons (Fsp3) is 0.353. The van der Waals surface area contributed by atoms with E-state index in [4.69, 9.17) is 21.8 Å². The summed E-state index contributed by atoms with van der Waals surface area (Å²) in [7, 11) is 0. The number of rotatable bonds is 9. The molecule has 0 bridgehead atoms. The lowest BCUT2D eigenvalue weighted by molar-refractivity contribution is 0.145. The summed E-state index contributed by atoms with van der Waals surface area (Å²) in [4.78, 5) is 5.50. The minimum atomic E-state index is -2.40. The van der Waals surface area contributed by atoms with E-state index in [9.17, 15) is 8.78 Å². The highest BCUT2D eigenvalue weighted by Gasteiger charge is 2.19. The molecule has 0 spiro atoms. The maximum Gasteiger partial charge on any atom is 0.250 e. The molecule has 0 aliphatic carbocycles. The van der Waals surface area contributed by atoms with Gasteiger partial charge in [-0.1, -0.05) is 17.7 Å². The van der Waals surface area contributed by atoms with Crippen molar-refractivity contribution in [2.75, 3.05) is 18.4 Å². The number of nitrogens with two attached hydrogens (primary N) is 1. The molecule has 146 valence electrons. The van der Waals surface area contributed by atoms with Crippen LogP contribution in [0, 0.1) is 0 Å². The third kappa shape index (κ3) is 5.39. The minimum Gasteiger partial charge on any atom is -0.456 e. The molecule has 0 saturated carbocycles. The topological polar surface area (TPSA) is 76.1 Å². The molecule has 10 heteroatoms. The van der Waals surface area contributed by atoms with Gasteiger partial charge in [0.05, 0.1) is 16.7 Å². The number of hydrogen-bond acceptors (Lipinski definition) is 6. The Kier molecular flexibility index (Phi) is 7.04. The largest absolute Gasteiger partial charge is 0.456 e. The molecule has 0 saturated heterocycles. The molecule has 0 aliphatic rings. The highest BCUT2D eigenvalue weighted by Crippen LogP contribution is 2.36. The first-order valence-electron chi connectivity index (χ1n) is 8.22. The summed E-state index contributed by atoms with van der Waals surface area (Å²) >= 11 is 11.3. The molecule has 0 aromatic carbocycles. The second-order valence-electron chi connectivity index (χ2n) is 5.96. The van der Waals surface area contributed by atoms with Gasteiger partial charge in [-0.25, -0.2) is 13.8 Å². The van der Waals surface area contributed by atoms with Crippen molar-refractivity contribution in [2.45, 2.75) is 25.4 Å². The maximum atomic E-state index is 12.2. The first-order valence-corrected chi connectivity index (χ1v) is 10.3. The highest BCUT2D eigenvalue weighted by atomic mass is 79.9. The Morgan fingerprint density at radius 1 is 1.37 bits per heavy atom. The predicted octanol–water partition coefficient (Wildman–Crippen LogP) is 4.64. The van der Waals surface area contributed by atoms with Crippen LogP contribution in [0.3, 0.4) is 0 Å². The molecule has 0 unspecified atom stereocenters. The van der Waals surface area contributed by atoms with E-state index in [0.29, 0.717) is 39.5 Å². The summed E-state index contributed by atoms with van der Waals surface area (Å²) in [5.74, 6) is 0.602. The van der Waals surface area contributed by atoms with Crippen molar-refractivity contribution in [1.29, 1.82) is 0 Å². The van der Waals surface area contributed by atoms with Gasteiger partial charge in [0.15, 0.2) is 5.58 Å². The molecular formula is C17H18BrClF2N4OS. The van der Waals surface area contributed by atoms with Crippen LogP contribution in [-0.4, -0.2) is 30.5 Å². The molecule has 3 aromatic rings. The normalized spacial score (nSPS) is 12.8. The van der Waals surface area contributed by atoms with Gasteiger partial charge in [-0.3, -0.25) is 0 Å². The van der Waals surface area contributed by atoms with Crippen LogP contribution in [0.5, 0.6) is 0 Å². The van der Waals surface area contributed by atoms with E-state index in [1.54, 1.807) is 17.4 Å². The van der Waals surface area contributed by atoms with Crippen LogP contribution in [-0.2, 0) is 13.0 Å². The molecule has 0 radical (unpaired) electrons. The van der Waals surface area contributed by atoms with Crippen molar-refractivity contribution in [2.24, 2.45) is 5.73 Å². The lowest BCUT2D eigenvalue weighted by atomic mass is 10.2. The number of alkyl halides is 2. The average Bonchev–Trinajstić information content (AvgIpc) is 3.22. The van der Waals surface area contributed by atoms with Gasteiger partial charge in [0.25, 0.3) is 6.43 Å². The van der Waals surface area contributed by atoms with Gasteiger partial charge in [0.1, 0.15) is 16.4 Å². The van der Waals surface area contributed by atoms with Crippen molar-refractivity contribution in [3.63, 3.8) is 0 Å².